The Morgan fingerprint density at radius 2 is 1.82 bits per heavy atom. The standard InChI is InChI=1S/C18H26N4/c1-14-9-15(2)11-16(10-14)5-7-20-18(19-3)21-12-17-6-8-22(4)13-17/h6,8-11,13H,5,7,12H2,1-4H3,(H2,19,20,21). The van der Waals surface area contributed by atoms with Crippen molar-refractivity contribution in [2.24, 2.45) is 12.0 Å². The van der Waals surface area contributed by atoms with E-state index in [1.54, 1.807) is 7.05 Å². The van der Waals surface area contributed by atoms with E-state index in [0.29, 0.717) is 0 Å². The van der Waals surface area contributed by atoms with Crippen molar-refractivity contribution < 1.29 is 0 Å². The van der Waals surface area contributed by atoms with Crippen LogP contribution < -0.4 is 10.6 Å². The van der Waals surface area contributed by atoms with Gasteiger partial charge in [0.25, 0.3) is 0 Å². The summed E-state index contributed by atoms with van der Waals surface area (Å²) in [5, 5.41) is 6.70. The monoisotopic (exact) mass is 298 g/mol. The number of nitrogens with one attached hydrogen (secondary N) is 2. The van der Waals surface area contributed by atoms with Crippen LogP contribution >= 0.6 is 0 Å². The lowest BCUT2D eigenvalue weighted by atomic mass is 10.1. The van der Waals surface area contributed by atoms with Gasteiger partial charge in [0.2, 0.25) is 0 Å². The highest BCUT2D eigenvalue weighted by Gasteiger charge is 2.00. The Kier molecular flexibility index (Phi) is 5.64. The third-order valence-corrected chi connectivity index (χ3v) is 3.56. The summed E-state index contributed by atoms with van der Waals surface area (Å²) in [4.78, 5) is 4.26. The molecule has 0 unspecified atom stereocenters. The van der Waals surface area contributed by atoms with Crippen molar-refractivity contribution in [3.05, 3.63) is 58.9 Å². The Hall–Kier alpha value is -2.23. The van der Waals surface area contributed by atoms with Gasteiger partial charge in [0.1, 0.15) is 0 Å². The van der Waals surface area contributed by atoms with Gasteiger partial charge in [-0.15, -0.1) is 0 Å². The lowest BCUT2D eigenvalue weighted by Gasteiger charge is -2.12. The second kappa shape index (κ2) is 7.69. The zero-order valence-corrected chi connectivity index (χ0v) is 14.0. The first-order chi connectivity index (χ1) is 10.6. The van der Waals surface area contributed by atoms with Crippen LogP contribution in [0.3, 0.4) is 0 Å². The van der Waals surface area contributed by atoms with Crippen LogP contribution in [0, 0.1) is 13.8 Å². The number of hydrogen-bond acceptors (Lipinski definition) is 1. The first kappa shape index (κ1) is 16.1. The van der Waals surface area contributed by atoms with Gasteiger partial charge in [0, 0.05) is 39.6 Å². The van der Waals surface area contributed by atoms with Crippen LogP contribution in [0.2, 0.25) is 0 Å². The van der Waals surface area contributed by atoms with Gasteiger partial charge in [-0.1, -0.05) is 29.3 Å². The van der Waals surface area contributed by atoms with Crippen LogP contribution in [0.5, 0.6) is 0 Å². The molecule has 2 aromatic rings. The Balaban J connectivity index is 1.78. The van der Waals surface area contributed by atoms with E-state index in [4.69, 9.17) is 0 Å². The molecule has 1 heterocycles. The lowest BCUT2D eigenvalue weighted by Crippen LogP contribution is -2.37. The van der Waals surface area contributed by atoms with E-state index in [9.17, 15) is 0 Å². The number of benzene rings is 1. The number of rotatable bonds is 5. The first-order valence-electron chi connectivity index (χ1n) is 7.69. The smallest absolute Gasteiger partial charge is 0.191 e. The van der Waals surface area contributed by atoms with Crippen LogP contribution in [0.1, 0.15) is 22.3 Å². The molecule has 1 aromatic heterocycles. The van der Waals surface area contributed by atoms with Gasteiger partial charge in [0.15, 0.2) is 5.96 Å². The molecule has 0 bridgehead atoms. The molecule has 118 valence electrons. The van der Waals surface area contributed by atoms with Crippen LogP contribution in [-0.4, -0.2) is 24.1 Å². The number of nitrogens with zero attached hydrogens (tertiary/aromatic N) is 2. The van der Waals surface area contributed by atoms with Gasteiger partial charge in [-0.25, -0.2) is 0 Å². The molecule has 4 nitrogen and oxygen atoms in total. The molecule has 0 aliphatic carbocycles. The average Bonchev–Trinajstić information content (AvgIpc) is 2.87. The van der Waals surface area contributed by atoms with E-state index in [0.717, 1.165) is 25.5 Å². The van der Waals surface area contributed by atoms with E-state index in [-0.39, 0.29) is 0 Å². The molecule has 2 N–H and O–H groups in total. The van der Waals surface area contributed by atoms with Crippen molar-refractivity contribution in [1.82, 2.24) is 15.2 Å². The van der Waals surface area contributed by atoms with E-state index in [1.165, 1.54) is 22.3 Å². The molecule has 0 saturated carbocycles. The molecule has 0 aliphatic rings. The minimum absolute atomic E-state index is 0.782. The molecule has 2 rings (SSSR count). The molecule has 0 aliphatic heterocycles. The summed E-state index contributed by atoms with van der Waals surface area (Å²) in [7, 11) is 3.83. The number of aromatic nitrogens is 1. The summed E-state index contributed by atoms with van der Waals surface area (Å²) in [5.41, 5.74) is 5.26. The summed E-state index contributed by atoms with van der Waals surface area (Å²) < 4.78 is 2.05. The Morgan fingerprint density at radius 3 is 2.41 bits per heavy atom. The van der Waals surface area contributed by atoms with Crippen molar-refractivity contribution >= 4 is 5.96 Å². The van der Waals surface area contributed by atoms with Crippen LogP contribution in [0.15, 0.2) is 41.7 Å². The first-order valence-corrected chi connectivity index (χ1v) is 7.69. The summed E-state index contributed by atoms with van der Waals surface area (Å²) in [5.74, 6) is 0.841. The minimum atomic E-state index is 0.782. The highest BCUT2D eigenvalue weighted by molar-refractivity contribution is 5.79. The largest absolute Gasteiger partial charge is 0.357 e. The summed E-state index contributed by atoms with van der Waals surface area (Å²) >= 11 is 0. The summed E-state index contributed by atoms with van der Waals surface area (Å²) in [6.07, 6.45) is 5.15. The van der Waals surface area contributed by atoms with Gasteiger partial charge >= 0.3 is 0 Å². The molecule has 0 atom stereocenters. The average molecular weight is 298 g/mol. The fourth-order valence-electron chi connectivity index (χ4n) is 2.61. The Morgan fingerprint density at radius 1 is 1.09 bits per heavy atom. The van der Waals surface area contributed by atoms with Crippen molar-refractivity contribution in [2.75, 3.05) is 13.6 Å². The van der Waals surface area contributed by atoms with E-state index < -0.39 is 0 Å². The van der Waals surface area contributed by atoms with Crippen LogP contribution in [0.4, 0.5) is 0 Å². The highest BCUT2D eigenvalue weighted by atomic mass is 15.2. The number of hydrogen-bond donors (Lipinski definition) is 2. The van der Waals surface area contributed by atoms with Crippen LogP contribution in [0.25, 0.3) is 0 Å². The molecule has 1 aromatic carbocycles. The molecular weight excluding hydrogens is 272 g/mol. The van der Waals surface area contributed by atoms with Gasteiger partial charge in [-0.2, -0.15) is 0 Å². The third kappa shape index (κ3) is 4.95. The molecule has 4 heteroatoms. The van der Waals surface area contributed by atoms with Crippen molar-refractivity contribution in [3.63, 3.8) is 0 Å². The molecule has 0 saturated heterocycles. The topological polar surface area (TPSA) is 41.4 Å². The number of aryl methyl sites for hydroxylation is 3. The fraction of sp³-hybridized carbons (Fsp3) is 0.389. The highest BCUT2D eigenvalue weighted by Crippen LogP contribution is 2.08. The molecular formula is C18H26N4. The van der Waals surface area contributed by atoms with Gasteiger partial charge in [-0.05, 0) is 37.5 Å². The van der Waals surface area contributed by atoms with E-state index in [1.807, 2.05) is 17.8 Å². The van der Waals surface area contributed by atoms with Crippen molar-refractivity contribution in [1.29, 1.82) is 0 Å². The fourth-order valence-corrected chi connectivity index (χ4v) is 2.61. The molecule has 0 radical (unpaired) electrons. The SMILES string of the molecule is CN=C(NCCc1cc(C)cc(C)c1)NCc1ccn(C)c1. The number of aliphatic imine (C=N–C) groups is 1. The minimum Gasteiger partial charge on any atom is -0.357 e. The lowest BCUT2D eigenvalue weighted by molar-refractivity contribution is 0.792. The Labute approximate surface area is 133 Å². The second-order valence-electron chi connectivity index (χ2n) is 5.78. The third-order valence-electron chi connectivity index (χ3n) is 3.56. The van der Waals surface area contributed by atoms with Crippen molar-refractivity contribution in [3.8, 4) is 0 Å². The molecule has 0 fully saturated rings. The molecule has 0 spiro atoms. The second-order valence-corrected chi connectivity index (χ2v) is 5.78. The van der Waals surface area contributed by atoms with Gasteiger partial charge in [0.05, 0.1) is 0 Å². The predicted molar refractivity (Wildman–Crippen MR) is 93.2 cm³/mol. The number of guanidine groups is 1. The molecule has 0 amide bonds. The zero-order chi connectivity index (χ0) is 15.9. The summed E-state index contributed by atoms with van der Waals surface area (Å²) in [6.45, 7) is 5.94. The van der Waals surface area contributed by atoms with Crippen LogP contribution in [-0.2, 0) is 20.0 Å². The van der Waals surface area contributed by atoms with E-state index in [2.05, 4.69) is 59.9 Å². The van der Waals surface area contributed by atoms with E-state index >= 15 is 0 Å². The van der Waals surface area contributed by atoms with Gasteiger partial charge < -0.3 is 15.2 Å². The van der Waals surface area contributed by atoms with Gasteiger partial charge in [-0.3, -0.25) is 4.99 Å². The maximum absolute atomic E-state index is 4.26. The van der Waals surface area contributed by atoms with Crippen molar-refractivity contribution in [2.45, 2.75) is 26.8 Å². The summed E-state index contributed by atoms with van der Waals surface area (Å²) in [6, 6.07) is 8.80. The maximum atomic E-state index is 4.26. The quantitative estimate of drug-likeness (QED) is 0.658. The Bertz CT molecular complexity index is 620. The normalized spacial score (nSPS) is 11.5. The predicted octanol–water partition coefficient (Wildman–Crippen LogP) is 2.55. The maximum Gasteiger partial charge on any atom is 0.191 e. The molecule has 22 heavy (non-hydrogen) atoms. The zero-order valence-electron chi connectivity index (χ0n) is 14.0.